The van der Waals surface area contributed by atoms with Crippen LogP contribution in [0.2, 0.25) is 0 Å². The number of likely N-dealkylation sites (N-methyl/N-ethyl adjacent to an activating group) is 1. The van der Waals surface area contributed by atoms with E-state index in [0.717, 1.165) is 60.4 Å². The van der Waals surface area contributed by atoms with Crippen molar-refractivity contribution in [1.82, 2.24) is 9.88 Å². The van der Waals surface area contributed by atoms with Crippen LogP contribution in [0.15, 0.2) is 47.8 Å². The zero-order valence-electron chi connectivity index (χ0n) is 19.6. The molecule has 0 atom stereocenters. The molecule has 1 saturated heterocycles. The second kappa shape index (κ2) is 10.8. The summed E-state index contributed by atoms with van der Waals surface area (Å²) in [5, 5.41) is 5.89. The quantitative estimate of drug-likeness (QED) is 0.517. The Bertz CT molecular complexity index is 1070. The summed E-state index contributed by atoms with van der Waals surface area (Å²) in [6.45, 7) is 12.3. The van der Waals surface area contributed by atoms with Crippen LogP contribution in [0.5, 0.6) is 5.75 Å². The minimum atomic E-state index is -0.0535. The van der Waals surface area contributed by atoms with Crippen molar-refractivity contribution in [2.75, 3.05) is 49.5 Å². The minimum absolute atomic E-state index is 0.0535. The number of benzene rings is 2. The molecule has 1 amide bonds. The van der Waals surface area contributed by atoms with E-state index in [4.69, 9.17) is 4.74 Å². The van der Waals surface area contributed by atoms with Gasteiger partial charge in [-0.05, 0) is 68.4 Å². The normalized spacial score (nSPS) is 14.3. The van der Waals surface area contributed by atoms with Crippen LogP contribution in [-0.2, 0) is 11.2 Å². The highest BCUT2D eigenvalue weighted by molar-refractivity contribution is 7.13. The molecule has 1 fully saturated rings. The van der Waals surface area contributed by atoms with Crippen molar-refractivity contribution in [3.8, 4) is 16.3 Å². The van der Waals surface area contributed by atoms with Crippen LogP contribution in [0.3, 0.4) is 0 Å². The Balaban J connectivity index is 1.34. The van der Waals surface area contributed by atoms with Gasteiger partial charge in [0.2, 0.25) is 5.91 Å². The molecule has 3 aromatic rings. The van der Waals surface area contributed by atoms with Crippen LogP contribution in [0, 0.1) is 6.92 Å². The van der Waals surface area contributed by atoms with Crippen molar-refractivity contribution >= 4 is 28.6 Å². The average Bonchev–Trinajstić information content (AvgIpc) is 3.28. The van der Waals surface area contributed by atoms with E-state index < -0.39 is 0 Å². The molecule has 1 aliphatic heterocycles. The predicted octanol–water partition coefficient (Wildman–Crippen LogP) is 4.84. The number of rotatable bonds is 8. The summed E-state index contributed by atoms with van der Waals surface area (Å²) in [4.78, 5) is 22.2. The van der Waals surface area contributed by atoms with E-state index in [2.05, 4.69) is 46.1 Å². The maximum absolute atomic E-state index is 12.6. The first kappa shape index (κ1) is 23.3. The Labute approximate surface area is 200 Å². The SMILES string of the molecule is CCOc1ccc(-c2nc(CC(=O)Nc3ccc(N4CCN(CC)CC4)c(C)c3)cs2)cc1. The van der Waals surface area contributed by atoms with Crippen molar-refractivity contribution in [2.45, 2.75) is 27.2 Å². The Kier molecular flexibility index (Phi) is 7.62. The average molecular weight is 465 g/mol. The Hall–Kier alpha value is -2.90. The molecular formula is C26H32N4O2S. The molecule has 4 rings (SSSR count). The fourth-order valence-electron chi connectivity index (χ4n) is 4.14. The maximum atomic E-state index is 12.6. The number of amides is 1. The number of piperazine rings is 1. The van der Waals surface area contributed by atoms with Gasteiger partial charge >= 0.3 is 0 Å². The van der Waals surface area contributed by atoms with E-state index in [1.807, 2.05) is 42.6 Å². The van der Waals surface area contributed by atoms with E-state index in [-0.39, 0.29) is 12.3 Å². The van der Waals surface area contributed by atoms with E-state index in [1.165, 1.54) is 11.3 Å². The Morgan fingerprint density at radius 3 is 2.52 bits per heavy atom. The highest BCUT2D eigenvalue weighted by atomic mass is 32.1. The number of aryl methyl sites for hydroxylation is 1. The minimum Gasteiger partial charge on any atom is -0.494 e. The topological polar surface area (TPSA) is 57.7 Å². The van der Waals surface area contributed by atoms with Gasteiger partial charge in [0.25, 0.3) is 0 Å². The molecular weight excluding hydrogens is 432 g/mol. The Morgan fingerprint density at radius 1 is 1.09 bits per heavy atom. The summed E-state index contributed by atoms with van der Waals surface area (Å²) < 4.78 is 5.50. The van der Waals surface area contributed by atoms with Gasteiger partial charge < -0.3 is 19.9 Å². The molecule has 0 radical (unpaired) electrons. The molecule has 1 N–H and O–H groups in total. The molecule has 0 saturated carbocycles. The number of ether oxygens (including phenoxy) is 1. The first-order valence-electron chi connectivity index (χ1n) is 11.6. The van der Waals surface area contributed by atoms with Gasteiger partial charge in [-0.2, -0.15) is 0 Å². The van der Waals surface area contributed by atoms with Crippen molar-refractivity contribution in [3.63, 3.8) is 0 Å². The molecule has 0 unspecified atom stereocenters. The molecule has 0 spiro atoms. The predicted molar refractivity (Wildman–Crippen MR) is 137 cm³/mol. The molecule has 2 heterocycles. The van der Waals surface area contributed by atoms with Gasteiger partial charge in [0, 0.05) is 48.5 Å². The van der Waals surface area contributed by atoms with Gasteiger partial charge in [-0.1, -0.05) is 6.92 Å². The van der Waals surface area contributed by atoms with Gasteiger partial charge in [-0.25, -0.2) is 4.98 Å². The highest BCUT2D eigenvalue weighted by Crippen LogP contribution is 2.27. The third kappa shape index (κ3) is 5.92. The van der Waals surface area contributed by atoms with Crippen LogP contribution in [0.25, 0.3) is 10.6 Å². The van der Waals surface area contributed by atoms with Crippen molar-refractivity contribution < 1.29 is 9.53 Å². The standard InChI is InChI=1S/C26H32N4O2S/c1-4-29-12-14-30(15-13-29)24-11-8-21(16-19(24)3)27-25(31)17-22-18-33-26(28-22)20-6-9-23(10-7-20)32-5-2/h6-11,16,18H,4-5,12-15,17H2,1-3H3,(H,27,31). The molecule has 7 heteroatoms. The summed E-state index contributed by atoms with van der Waals surface area (Å²) in [5.41, 5.74) is 5.08. The van der Waals surface area contributed by atoms with Gasteiger partial charge in [0.1, 0.15) is 10.8 Å². The molecule has 174 valence electrons. The number of anilines is 2. The molecule has 1 aromatic heterocycles. The first-order chi connectivity index (χ1) is 16.1. The molecule has 0 aliphatic carbocycles. The first-order valence-corrected chi connectivity index (χ1v) is 12.5. The van der Waals surface area contributed by atoms with Crippen molar-refractivity contribution in [1.29, 1.82) is 0 Å². The number of carbonyl (C=O) groups is 1. The molecule has 2 aromatic carbocycles. The summed E-state index contributed by atoms with van der Waals surface area (Å²) in [6, 6.07) is 14.1. The zero-order valence-corrected chi connectivity index (χ0v) is 20.5. The van der Waals surface area contributed by atoms with E-state index in [1.54, 1.807) is 11.3 Å². The second-order valence-corrected chi connectivity index (χ2v) is 9.11. The van der Waals surface area contributed by atoms with Crippen LogP contribution in [0.4, 0.5) is 11.4 Å². The molecule has 1 aliphatic rings. The van der Waals surface area contributed by atoms with Crippen LogP contribution in [0.1, 0.15) is 25.1 Å². The summed E-state index contributed by atoms with van der Waals surface area (Å²) in [7, 11) is 0. The number of hydrogen-bond donors (Lipinski definition) is 1. The van der Waals surface area contributed by atoms with Crippen LogP contribution < -0.4 is 15.0 Å². The van der Waals surface area contributed by atoms with Gasteiger partial charge in [-0.15, -0.1) is 11.3 Å². The fourth-order valence-corrected chi connectivity index (χ4v) is 4.97. The van der Waals surface area contributed by atoms with Crippen LogP contribution >= 0.6 is 11.3 Å². The summed E-state index contributed by atoms with van der Waals surface area (Å²) >= 11 is 1.55. The number of thiazole rings is 1. The Morgan fingerprint density at radius 2 is 1.85 bits per heavy atom. The third-order valence-corrected chi connectivity index (χ3v) is 6.89. The number of aromatic nitrogens is 1. The lowest BCUT2D eigenvalue weighted by atomic mass is 10.1. The third-order valence-electron chi connectivity index (χ3n) is 5.95. The highest BCUT2D eigenvalue weighted by Gasteiger charge is 2.17. The number of carbonyl (C=O) groups excluding carboxylic acids is 1. The van der Waals surface area contributed by atoms with Crippen molar-refractivity contribution in [3.05, 3.63) is 59.1 Å². The summed E-state index contributed by atoms with van der Waals surface area (Å²) in [6.07, 6.45) is 0.257. The molecule has 33 heavy (non-hydrogen) atoms. The zero-order chi connectivity index (χ0) is 23.2. The van der Waals surface area contributed by atoms with Gasteiger partial charge in [0.15, 0.2) is 0 Å². The van der Waals surface area contributed by atoms with E-state index in [9.17, 15) is 4.79 Å². The molecule has 0 bridgehead atoms. The maximum Gasteiger partial charge on any atom is 0.230 e. The lowest BCUT2D eigenvalue weighted by molar-refractivity contribution is -0.115. The van der Waals surface area contributed by atoms with E-state index in [0.29, 0.717) is 6.61 Å². The van der Waals surface area contributed by atoms with E-state index >= 15 is 0 Å². The number of nitrogens with zero attached hydrogens (tertiary/aromatic N) is 3. The number of hydrogen-bond acceptors (Lipinski definition) is 6. The number of nitrogens with one attached hydrogen (secondary N) is 1. The van der Waals surface area contributed by atoms with Crippen molar-refractivity contribution in [2.24, 2.45) is 0 Å². The monoisotopic (exact) mass is 464 g/mol. The smallest absolute Gasteiger partial charge is 0.230 e. The van der Waals surface area contributed by atoms with Gasteiger partial charge in [0.05, 0.1) is 18.7 Å². The molecule has 6 nitrogen and oxygen atoms in total. The van der Waals surface area contributed by atoms with Crippen LogP contribution in [-0.4, -0.2) is 55.1 Å². The lowest BCUT2D eigenvalue weighted by Crippen LogP contribution is -2.46. The second-order valence-electron chi connectivity index (χ2n) is 8.25. The fraction of sp³-hybridized carbons (Fsp3) is 0.385. The summed E-state index contributed by atoms with van der Waals surface area (Å²) in [5.74, 6) is 0.796. The largest absolute Gasteiger partial charge is 0.494 e. The lowest BCUT2D eigenvalue weighted by Gasteiger charge is -2.36. The van der Waals surface area contributed by atoms with Gasteiger partial charge in [-0.3, -0.25) is 4.79 Å².